The average Bonchev–Trinajstić information content (AvgIpc) is 3.40. The van der Waals surface area contributed by atoms with Crippen LogP contribution in [0.3, 0.4) is 0 Å². The van der Waals surface area contributed by atoms with Gasteiger partial charge >= 0.3 is 0 Å². The molecule has 0 saturated heterocycles. The van der Waals surface area contributed by atoms with E-state index in [1.54, 1.807) is 35.6 Å². The Balaban J connectivity index is 1.54. The van der Waals surface area contributed by atoms with Crippen LogP contribution in [0.4, 0.5) is 5.69 Å². The molecular weight excluding hydrogens is 396 g/mol. The molecule has 8 heteroatoms. The Kier molecular flexibility index (Phi) is 5.02. The Hall–Kier alpha value is -2.90. The van der Waals surface area contributed by atoms with Gasteiger partial charge in [-0.05, 0) is 55.6 Å². The Labute approximate surface area is 170 Å². The number of hydrogen-bond acceptors (Lipinski definition) is 5. The number of nitrogens with zero attached hydrogens (tertiary/aromatic N) is 3. The van der Waals surface area contributed by atoms with Gasteiger partial charge in [0.2, 0.25) is 11.8 Å². The first-order valence-electron chi connectivity index (χ1n) is 8.61. The highest BCUT2D eigenvalue weighted by Crippen LogP contribution is 2.30. The summed E-state index contributed by atoms with van der Waals surface area (Å²) in [6, 6.07) is 12.8. The van der Waals surface area contributed by atoms with Gasteiger partial charge in [-0.3, -0.25) is 4.79 Å². The SMILES string of the molecule is Cc1cc(-c2nnc(-c3cccs3)o2)c(C)n1CC(=O)Nc1ccc(Cl)cc1. The Bertz CT molecular complexity index is 1110. The number of rotatable bonds is 5. The van der Waals surface area contributed by atoms with Crippen molar-refractivity contribution in [1.29, 1.82) is 0 Å². The van der Waals surface area contributed by atoms with E-state index in [1.807, 2.05) is 42.0 Å². The van der Waals surface area contributed by atoms with Crippen LogP contribution in [0.15, 0.2) is 52.3 Å². The van der Waals surface area contributed by atoms with Crippen molar-refractivity contribution >= 4 is 34.5 Å². The maximum absolute atomic E-state index is 12.5. The third-order valence-corrected chi connectivity index (χ3v) is 5.50. The van der Waals surface area contributed by atoms with Gasteiger partial charge in [0, 0.05) is 22.1 Å². The zero-order chi connectivity index (χ0) is 19.7. The molecule has 1 N–H and O–H groups in total. The van der Waals surface area contributed by atoms with Crippen molar-refractivity contribution < 1.29 is 9.21 Å². The molecule has 0 aliphatic rings. The number of benzene rings is 1. The fourth-order valence-corrected chi connectivity index (χ4v) is 3.74. The fraction of sp³-hybridized carbons (Fsp3) is 0.150. The minimum absolute atomic E-state index is 0.125. The number of hydrogen-bond donors (Lipinski definition) is 1. The molecule has 1 aromatic carbocycles. The molecule has 0 bridgehead atoms. The lowest BCUT2D eigenvalue weighted by Crippen LogP contribution is -2.20. The van der Waals surface area contributed by atoms with Gasteiger partial charge in [-0.25, -0.2) is 0 Å². The van der Waals surface area contributed by atoms with Gasteiger partial charge < -0.3 is 14.3 Å². The number of aromatic nitrogens is 3. The first kappa shape index (κ1) is 18.5. The Morgan fingerprint density at radius 3 is 2.64 bits per heavy atom. The minimum Gasteiger partial charge on any atom is -0.415 e. The highest BCUT2D eigenvalue weighted by atomic mass is 35.5. The summed E-state index contributed by atoms with van der Waals surface area (Å²) in [7, 11) is 0. The van der Waals surface area contributed by atoms with E-state index in [2.05, 4.69) is 15.5 Å². The van der Waals surface area contributed by atoms with E-state index in [-0.39, 0.29) is 12.5 Å². The summed E-state index contributed by atoms with van der Waals surface area (Å²) < 4.78 is 7.76. The van der Waals surface area contributed by atoms with E-state index in [1.165, 1.54) is 0 Å². The van der Waals surface area contributed by atoms with Crippen LogP contribution in [0.25, 0.3) is 22.2 Å². The lowest BCUT2D eigenvalue weighted by molar-refractivity contribution is -0.116. The van der Waals surface area contributed by atoms with Crippen molar-refractivity contribution in [1.82, 2.24) is 14.8 Å². The number of thiophene rings is 1. The normalized spacial score (nSPS) is 11.0. The van der Waals surface area contributed by atoms with E-state index in [0.29, 0.717) is 22.5 Å². The van der Waals surface area contributed by atoms with Gasteiger partial charge in [-0.15, -0.1) is 21.5 Å². The first-order chi connectivity index (χ1) is 13.5. The highest BCUT2D eigenvalue weighted by molar-refractivity contribution is 7.13. The molecule has 28 heavy (non-hydrogen) atoms. The number of nitrogens with one attached hydrogen (secondary N) is 1. The zero-order valence-corrected chi connectivity index (χ0v) is 16.8. The van der Waals surface area contributed by atoms with Crippen molar-refractivity contribution in [2.45, 2.75) is 20.4 Å². The largest absolute Gasteiger partial charge is 0.415 e. The predicted molar refractivity (Wildman–Crippen MR) is 111 cm³/mol. The van der Waals surface area contributed by atoms with E-state index in [4.69, 9.17) is 16.0 Å². The molecule has 0 aliphatic heterocycles. The molecule has 1 amide bonds. The van der Waals surface area contributed by atoms with E-state index >= 15 is 0 Å². The smallest absolute Gasteiger partial charge is 0.258 e. The lowest BCUT2D eigenvalue weighted by Gasteiger charge is -2.10. The second-order valence-corrected chi connectivity index (χ2v) is 7.70. The van der Waals surface area contributed by atoms with Gasteiger partial charge in [0.1, 0.15) is 6.54 Å². The maximum Gasteiger partial charge on any atom is 0.258 e. The monoisotopic (exact) mass is 412 g/mol. The summed E-state index contributed by atoms with van der Waals surface area (Å²) in [5, 5.41) is 13.8. The summed E-state index contributed by atoms with van der Waals surface area (Å²) in [6.45, 7) is 4.07. The molecule has 4 rings (SSSR count). The number of carbonyl (C=O) groups is 1. The third-order valence-electron chi connectivity index (χ3n) is 4.39. The van der Waals surface area contributed by atoms with E-state index in [0.717, 1.165) is 21.8 Å². The number of amides is 1. The Morgan fingerprint density at radius 2 is 1.93 bits per heavy atom. The number of halogens is 1. The van der Waals surface area contributed by atoms with Gasteiger partial charge in [0.15, 0.2) is 0 Å². The van der Waals surface area contributed by atoms with Gasteiger partial charge in [-0.1, -0.05) is 17.7 Å². The van der Waals surface area contributed by atoms with Crippen molar-refractivity contribution in [2.75, 3.05) is 5.32 Å². The van der Waals surface area contributed by atoms with Crippen molar-refractivity contribution in [3.63, 3.8) is 0 Å². The summed E-state index contributed by atoms with van der Waals surface area (Å²) in [6.07, 6.45) is 0. The standard InChI is InChI=1S/C20H17ClN4O2S/c1-12-10-16(19-23-24-20(27-19)17-4-3-9-28-17)13(2)25(12)11-18(26)22-15-7-5-14(21)6-8-15/h3-10H,11H2,1-2H3,(H,22,26). The molecular formula is C20H17ClN4O2S. The summed E-state index contributed by atoms with van der Waals surface area (Å²) in [4.78, 5) is 13.4. The molecule has 0 unspecified atom stereocenters. The molecule has 0 aliphatic carbocycles. The van der Waals surface area contributed by atoms with Crippen LogP contribution < -0.4 is 5.32 Å². The maximum atomic E-state index is 12.5. The van der Waals surface area contributed by atoms with E-state index < -0.39 is 0 Å². The zero-order valence-electron chi connectivity index (χ0n) is 15.3. The average molecular weight is 413 g/mol. The molecule has 0 radical (unpaired) electrons. The first-order valence-corrected chi connectivity index (χ1v) is 9.87. The summed E-state index contributed by atoms with van der Waals surface area (Å²) in [5.41, 5.74) is 3.36. The van der Waals surface area contributed by atoms with E-state index in [9.17, 15) is 4.79 Å². The predicted octanol–water partition coefficient (Wildman–Crippen LogP) is 5.18. The molecule has 0 saturated carbocycles. The lowest BCUT2D eigenvalue weighted by atomic mass is 10.2. The van der Waals surface area contributed by atoms with Crippen molar-refractivity contribution in [2.24, 2.45) is 0 Å². The molecule has 142 valence electrons. The van der Waals surface area contributed by atoms with Crippen LogP contribution >= 0.6 is 22.9 Å². The second kappa shape index (κ2) is 7.61. The van der Waals surface area contributed by atoms with Gasteiger partial charge in [0.25, 0.3) is 5.89 Å². The molecule has 0 spiro atoms. The Morgan fingerprint density at radius 1 is 1.18 bits per heavy atom. The van der Waals surface area contributed by atoms with Crippen LogP contribution in [0, 0.1) is 13.8 Å². The molecule has 3 aromatic heterocycles. The molecule has 3 heterocycles. The number of anilines is 1. The van der Waals surface area contributed by atoms with Crippen molar-refractivity contribution in [3.8, 4) is 22.2 Å². The van der Waals surface area contributed by atoms with Crippen molar-refractivity contribution in [3.05, 3.63) is 64.3 Å². The third kappa shape index (κ3) is 3.72. The number of carbonyl (C=O) groups excluding carboxylic acids is 1. The molecule has 6 nitrogen and oxygen atoms in total. The highest BCUT2D eigenvalue weighted by Gasteiger charge is 2.18. The van der Waals surface area contributed by atoms with Crippen LogP contribution in [0.5, 0.6) is 0 Å². The second-order valence-electron chi connectivity index (χ2n) is 6.32. The van der Waals surface area contributed by atoms with Crippen LogP contribution in [-0.2, 0) is 11.3 Å². The van der Waals surface area contributed by atoms with Gasteiger partial charge in [0.05, 0.1) is 10.4 Å². The fourth-order valence-electron chi connectivity index (χ4n) is 2.97. The molecule has 4 aromatic rings. The quantitative estimate of drug-likeness (QED) is 0.490. The van der Waals surface area contributed by atoms with Crippen LogP contribution in [-0.4, -0.2) is 20.7 Å². The molecule has 0 atom stereocenters. The summed E-state index contributed by atoms with van der Waals surface area (Å²) >= 11 is 7.42. The molecule has 0 fully saturated rings. The van der Waals surface area contributed by atoms with Crippen LogP contribution in [0.1, 0.15) is 11.4 Å². The van der Waals surface area contributed by atoms with Crippen LogP contribution in [0.2, 0.25) is 5.02 Å². The van der Waals surface area contributed by atoms with Gasteiger partial charge in [-0.2, -0.15) is 0 Å². The minimum atomic E-state index is -0.125. The number of aryl methyl sites for hydroxylation is 1. The topological polar surface area (TPSA) is 73.0 Å². The summed E-state index contributed by atoms with van der Waals surface area (Å²) in [5.74, 6) is 0.816.